The maximum Gasteiger partial charge on any atom is 0.416 e. The number of alkyl halides is 3. The first kappa shape index (κ1) is 16.8. The van der Waals surface area contributed by atoms with Crippen LogP contribution in [-0.4, -0.2) is 12.5 Å². The average Bonchev–Trinajstić information content (AvgIpc) is 2.38. The van der Waals surface area contributed by atoms with E-state index in [1.165, 1.54) is 0 Å². The number of carbonyl (C=O) groups excluding carboxylic acids is 1. The zero-order chi connectivity index (χ0) is 15.6. The van der Waals surface area contributed by atoms with Gasteiger partial charge in [-0.15, -0.1) is 0 Å². The molecule has 0 bridgehead atoms. The normalized spacial score (nSPS) is 14.8. The molecule has 0 fully saturated rings. The van der Waals surface area contributed by atoms with Crippen molar-refractivity contribution in [2.45, 2.75) is 26.4 Å². The van der Waals surface area contributed by atoms with Crippen LogP contribution in [0.1, 0.15) is 25.8 Å². The van der Waals surface area contributed by atoms with E-state index in [2.05, 4.69) is 5.32 Å². The Hall–Kier alpha value is -1.27. The summed E-state index contributed by atoms with van der Waals surface area (Å²) in [5.74, 6) is -0.455. The quantitative estimate of drug-likeness (QED) is 0.891. The third-order valence-corrected chi connectivity index (χ3v) is 3.65. The van der Waals surface area contributed by atoms with Gasteiger partial charge in [-0.1, -0.05) is 18.5 Å². The maximum absolute atomic E-state index is 12.6. The molecular formula is C13H16ClF3N2O. The number of benzene rings is 1. The smallest absolute Gasteiger partial charge is 0.329 e. The van der Waals surface area contributed by atoms with E-state index in [1.807, 2.05) is 0 Å². The predicted molar refractivity (Wildman–Crippen MR) is 72.5 cm³/mol. The van der Waals surface area contributed by atoms with Crippen LogP contribution in [0.5, 0.6) is 0 Å². The highest BCUT2D eigenvalue weighted by Gasteiger charge is 2.33. The molecule has 0 spiro atoms. The van der Waals surface area contributed by atoms with Crippen LogP contribution < -0.4 is 11.1 Å². The number of hydrogen-bond acceptors (Lipinski definition) is 2. The number of carbonyl (C=O) groups is 1. The van der Waals surface area contributed by atoms with Gasteiger partial charge in [0.15, 0.2) is 0 Å². The van der Waals surface area contributed by atoms with Gasteiger partial charge in [-0.2, -0.15) is 13.2 Å². The van der Waals surface area contributed by atoms with Gasteiger partial charge in [0.1, 0.15) is 0 Å². The van der Waals surface area contributed by atoms with Gasteiger partial charge < -0.3 is 11.1 Å². The number of anilines is 1. The molecule has 7 heteroatoms. The Labute approximate surface area is 120 Å². The Morgan fingerprint density at radius 1 is 1.40 bits per heavy atom. The van der Waals surface area contributed by atoms with Crippen molar-refractivity contribution < 1.29 is 18.0 Å². The molecule has 1 aromatic carbocycles. The van der Waals surface area contributed by atoms with Crippen LogP contribution >= 0.6 is 11.6 Å². The minimum absolute atomic E-state index is 0.0434. The summed E-state index contributed by atoms with van der Waals surface area (Å²) in [6, 6.07) is 2.78. The predicted octanol–water partition coefficient (Wildman–Crippen LogP) is 3.67. The SMILES string of the molecule is CCC(C)(CN)C(=O)Nc1cc(C(F)(F)F)ccc1Cl. The standard InChI is InChI=1S/C13H16ClF3N2O/c1-3-12(2,7-18)11(20)19-10-6-8(13(15,16)17)4-5-9(10)14/h4-6H,3,7,18H2,1-2H3,(H,19,20). The van der Waals surface area contributed by atoms with Gasteiger partial charge in [-0.3, -0.25) is 4.79 Å². The Bertz CT molecular complexity index is 499. The molecule has 1 atom stereocenters. The van der Waals surface area contributed by atoms with Crippen molar-refractivity contribution in [3.05, 3.63) is 28.8 Å². The van der Waals surface area contributed by atoms with Crippen molar-refractivity contribution in [3.8, 4) is 0 Å². The zero-order valence-corrected chi connectivity index (χ0v) is 11.9. The molecule has 3 nitrogen and oxygen atoms in total. The van der Waals surface area contributed by atoms with Crippen molar-refractivity contribution >= 4 is 23.2 Å². The van der Waals surface area contributed by atoms with Gasteiger partial charge in [0.05, 0.1) is 21.7 Å². The summed E-state index contributed by atoms with van der Waals surface area (Å²) in [5, 5.41) is 2.46. The van der Waals surface area contributed by atoms with E-state index in [1.54, 1.807) is 13.8 Å². The fourth-order valence-corrected chi connectivity index (χ4v) is 1.63. The van der Waals surface area contributed by atoms with E-state index in [0.29, 0.717) is 6.42 Å². The second-order valence-corrected chi connectivity index (χ2v) is 5.17. The van der Waals surface area contributed by atoms with E-state index in [9.17, 15) is 18.0 Å². The topological polar surface area (TPSA) is 55.1 Å². The maximum atomic E-state index is 12.6. The highest BCUT2D eigenvalue weighted by molar-refractivity contribution is 6.33. The van der Waals surface area contributed by atoms with Crippen LogP contribution in [0.4, 0.5) is 18.9 Å². The van der Waals surface area contributed by atoms with Crippen LogP contribution in [0.15, 0.2) is 18.2 Å². The molecule has 0 saturated heterocycles. The van der Waals surface area contributed by atoms with Gasteiger partial charge in [-0.25, -0.2) is 0 Å². The molecule has 1 rings (SSSR count). The fraction of sp³-hybridized carbons (Fsp3) is 0.462. The molecular weight excluding hydrogens is 293 g/mol. The van der Waals surface area contributed by atoms with E-state index in [4.69, 9.17) is 17.3 Å². The summed E-state index contributed by atoms with van der Waals surface area (Å²) in [5.41, 5.74) is 3.74. The first-order valence-corrected chi connectivity index (χ1v) is 6.40. The van der Waals surface area contributed by atoms with Crippen molar-refractivity contribution in [1.29, 1.82) is 0 Å². The lowest BCUT2D eigenvalue weighted by molar-refractivity contribution is -0.137. The Morgan fingerprint density at radius 3 is 2.45 bits per heavy atom. The number of halogens is 4. The summed E-state index contributed by atoms with van der Waals surface area (Å²) < 4.78 is 37.9. The summed E-state index contributed by atoms with van der Waals surface area (Å²) >= 11 is 5.81. The third kappa shape index (κ3) is 3.64. The monoisotopic (exact) mass is 308 g/mol. The number of nitrogens with one attached hydrogen (secondary N) is 1. The van der Waals surface area contributed by atoms with E-state index < -0.39 is 23.1 Å². The third-order valence-electron chi connectivity index (χ3n) is 3.32. The fourth-order valence-electron chi connectivity index (χ4n) is 1.47. The largest absolute Gasteiger partial charge is 0.416 e. The molecule has 0 aromatic heterocycles. The van der Waals surface area contributed by atoms with Gasteiger partial charge >= 0.3 is 6.18 Å². The molecule has 0 aliphatic heterocycles. The van der Waals surface area contributed by atoms with Crippen molar-refractivity contribution in [1.82, 2.24) is 0 Å². The summed E-state index contributed by atoms with van der Waals surface area (Å²) in [6.07, 6.45) is -4.03. The Kier molecular flexibility index (Phi) is 5.05. The Morgan fingerprint density at radius 2 is 2.00 bits per heavy atom. The molecule has 0 aliphatic rings. The first-order valence-electron chi connectivity index (χ1n) is 6.02. The summed E-state index contributed by atoms with van der Waals surface area (Å²) in [6.45, 7) is 3.51. The lowest BCUT2D eigenvalue weighted by Crippen LogP contribution is -2.39. The molecule has 0 heterocycles. The number of amides is 1. The highest BCUT2D eigenvalue weighted by atomic mass is 35.5. The molecule has 0 saturated carbocycles. The number of hydrogen-bond donors (Lipinski definition) is 2. The van der Waals surface area contributed by atoms with Crippen LogP contribution in [-0.2, 0) is 11.0 Å². The van der Waals surface area contributed by atoms with Crippen molar-refractivity contribution in [2.24, 2.45) is 11.1 Å². The van der Waals surface area contributed by atoms with Crippen molar-refractivity contribution in [3.63, 3.8) is 0 Å². The molecule has 20 heavy (non-hydrogen) atoms. The van der Waals surface area contributed by atoms with Crippen molar-refractivity contribution in [2.75, 3.05) is 11.9 Å². The average molecular weight is 309 g/mol. The van der Waals surface area contributed by atoms with Crippen LogP contribution in [0.25, 0.3) is 0 Å². The van der Waals surface area contributed by atoms with E-state index >= 15 is 0 Å². The molecule has 1 amide bonds. The van der Waals surface area contributed by atoms with Crippen LogP contribution in [0, 0.1) is 5.41 Å². The van der Waals surface area contributed by atoms with Crippen LogP contribution in [0.2, 0.25) is 5.02 Å². The lowest BCUT2D eigenvalue weighted by Gasteiger charge is -2.25. The number of nitrogens with two attached hydrogens (primary N) is 1. The molecule has 1 aromatic rings. The minimum Gasteiger partial charge on any atom is -0.329 e. The van der Waals surface area contributed by atoms with E-state index in [-0.39, 0.29) is 17.3 Å². The number of rotatable bonds is 4. The Balaban J connectivity index is 3.06. The second-order valence-electron chi connectivity index (χ2n) is 4.76. The second kappa shape index (κ2) is 6.01. The zero-order valence-electron chi connectivity index (χ0n) is 11.1. The molecule has 1 unspecified atom stereocenters. The van der Waals surface area contributed by atoms with Gasteiger partial charge in [-0.05, 0) is 31.5 Å². The molecule has 112 valence electrons. The minimum atomic E-state index is -4.49. The molecule has 0 aliphatic carbocycles. The van der Waals surface area contributed by atoms with Crippen LogP contribution in [0.3, 0.4) is 0 Å². The first-order chi connectivity index (χ1) is 9.14. The van der Waals surface area contributed by atoms with E-state index in [0.717, 1.165) is 18.2 Å². The highest BCUT2D eigenvalue weighted by Crippen LogP contribution is 2.34. The van der Waals surface area contributed by atoms with Gasteiger partial charge in [0, 0.05) is 6.54 Å². The van der Waals surface area contributed by atoms with Gasteiger partial charge in [0.2, 0.25) is 5.91 Å². The summed E-state index contributed by atoms with van der Waals surface area (Å²) in [4.78, 5) is 12.1. The van der Waals surface area contributed by atoms with Gasteiger partial charge in [0.25, 0.3) is 0 Å². The molecule has 0 radical (unpaired) electrons. The summed E-state index contributed by atoms with van der Waals surface area (Å²) in [7, 11) is 0. The molecule has 3 N–H and O–H groups in total. The lowest BCUT2D eigenvalue weighted by atomic mass is 9.86.